The van der Waals surface area contributed by atoms with E-state index in [9.17, 15) is 4.79 Å². The lowest BCUT2D eigenvalue weighted by Gasteiger charge is -2.22. The minimum absolute atomic E-state index is 0.331. The van der Waals surface area contributed by atoms with Crippen LogP contribution in [-0.4, -0.2) is 18.0 Å². The molecule has 0 aromatic rings. The zero-order valence-electron chi connectivity index (χ0n) is 15.1. The third-order valence-corrected chi connectivity index (χ3v) is 3.04. The van der Waals surface area contributed by atoms with Gasteiger partial charge in [0.05, 0.1) is 0 Å². The van der Waals surface area contributed by atoms with Crippen molar-refractivity contribution in [2.24, 2.45) is 22.7 Å². The summed E-state index contributed by atoms with van der Waals surface area (Å²) in [7, 11) is 0. The van der Waals surface area contributed by atoms with Crippen LogP contribution in [0.1, 0.15) is 81.1 Å². The van der Waals surface area contributed by atoms with Crippen LogP contribution in [0.25, 0.3) is 0 Å². The molecule has 0 saturated carbocycles. The Morgan fingerprint density at radius 2 is 1.30 bits per heavy atom. The SMILES string of the molecule is CC(CC=O)CC(C)(C)C.CC(CCO)CC(C)(C)C. The third-order valence-electron chi connectivity index (χ3n) is 3.04. The van der Waals surface area contributed by atoms with Crippen LogP contribution in [0.4, 0.5) is 0 Å². The molecule has 0 radical (unpaired) electrons. The zero-order valence-corrected chi connectivity index (χ0v) is 15.1. The van der Waals surface area contributed by atoms with Crippen LogP contribution in [0.5, 0.6) is 0 Å². The van der Waals surface area contributed by atoms with Gasteiger partial charge in [0.25, 0.3) is 0 Å². The van der Waals surface area contributed by atoms with E-state index in [1.807, 2.05) is 0 Å². The van der Waals surface area contributed by atoms with Crippen molar-refractivity contribution in [3.63, 3.8) is 0 Å². The van der Waals surface area contributed by atoms with E-state index < -0.39 is 0 Å². The van der Waals surface area contributed by atoms with E-state index in [1.54, 1.807) is 0 Å². The number of hydrogen-bond donors (Lipinski definition) is 1. The molecule has 0 aromatic heterocycles. The number of carbonyl (C=O) groups is 1. The van der Waals surface area contributed by atoms with E-state index in [1.165, 1.54) is 6.42 Å². The molecule has 0 fully saturated rings. The van der Waals surface area contributed by atoms with Gasteiger partial charge in [-0.05, 0) is 41.9 Å². The van der Waals surface area contributed by atoms with Gasteiger partial charge in [-0.15, -0.1) is 0 Å². The Morgan fingerprint density at radius 3 is 1.60 bits per heavy atom. The molecule has 1 N–H and O–H groups in total. The first-order valence-corrected chi connectivity index (χ1v) is 7.95. The quantitative estimate of drug-likeness (QED) is 0.691. The smallest absolute Gasteiger partial charge is 0.120 e. The van der Waals surface area contributed by atoms with Crippen LogP contribution in [-0.2, 0) is 4.79 Å². The predicted molar refractivity (Wildman–Crippen MR) is 88.9 cm³/mol. The number of rotatable bonds is 6. The molecular formula is C18H38O2. The Labute approximate surface area is 127 Å². The molecule has 0 rings (SSSR count). The molecule has 0 spiro atoms. The standard InChI is InChI=1S/C9H20O.C9H18O/c2*1-8(5-6-10)7-9(2,3)4/h8,10H,5-7H2,1-4H3;6,8H,5,7H2,1-4H3. The second kappa shape index (κ2) is 10.4. The van der Waals surface area contributed by atoms with Gasteiger partial charge in [0, 0.05) is 13.0 Å². The summed E-state index contributed by atoms with van der Waals surface area (Å²) in [5, 5.41) is 8.63. The highest BCUT2D eigenvalue weighted by Crippen LogP contribution is 2.25. The Balaban J connectivity index is 0. The van der Waals surface area contributed by atoms with Crippen molar-refractivity contribution in [3.8, 4) is 0 Å². The molecule has 122 valence electrons. The van der Waals surface area contributed by atoms with Crippen molar-refractivity contribution in [1.82, 2.24) is 0 Å². The van der Waals surface area contributed by atoms with E-state index in [0.29, 0.717) is 35.7 Å². The summed E-state index contributed by atoms with van der Waals surface area (Å²) < 4.78 is 0. The van der Waals surface area contributed by atoms with Crippen molar-refractivity contribution in [2.45, 2.75) is 81.1 Å². The third kappa shape index (κ3) is 20.0. The summed E-state index contributed by atoms with van der Waals surface area (Å²) in [6, 6.07) is 0. The molecule has 0 heterocycles. The van der Waals surface area contributed by atoms with Crippen LogP contribution in [0.3, 0.4) is 0 Å². The topological polar surface area (TPSA) is 37.3 Å². The highest BCUT2D eigenvalue weighted by atomic mass is 16.3. The minimum atomic E-state index is 0.331. The molecule has 2 heteroatoms. The molecule has 0 saturated heterocycles. The fourth-order valence-electron chi connectivity index (χ4n) is 2.66. The van der Waals surface area contributed by atoms with Crippen LogP contribution >= 0.6 is 0 Å². The molecule has 0 aliphatic carbocycles. The lowest BCUT2D eigenvalue weighted by molar-refractivity contribution is -0.108. The van der Waals surface area contributed by atoms with E-state index in [4.69, 9.17) is 5.11 Å². The van der Waals surface area contributed by atoms with Gasteiger partial charge in [0.2, 0.25) is 0 Å². The van der Waals surface area contributed by atoms with Crippen LogP contribution in [0, 0.1) is 22.7 Å². The van der Waals surface area contributed by atoms with Crippen LogP contribution in [0.15, 0.2) is 0 Å². The van der Waals surface area contributed by atoms with Crippen molar-refractivity contribution >= 4 is 6.29 Å². The minimum Gasteiger partial charge on any atom is -0.396 e. The summed E-state index contributed by atoms with van der Waals surface area (Å²) in [5.41, 5.74) is 0.775. The van der Waals surface area contributed by atoms with Crippen LogP contribution < -0.4 is 0 Å². The number of hydrogen-bond acceptors (Lipinski definition) is 2. The summed E-state index contributed by atoms with van der Waals surface area (Å²) >= 11 is 0. The molecule has 0 aliphatic rings. The zero-order chi connectivity index (χ0) is 16.4. The molecule has 20 heavy (non-hydrogen) atoms. The van der Waals surface area contributed by atoms with E-state index in [-0.39, 0.29) is 0 Å². The Hall–Kier alpha value is -0.370. The first-order chi connectivity index (χ1) is 8.91. The van der Waals surface area contributed by atoms with Crippen molar-refractivity contribution in [2.75, 3.05) is 6.61 Å². The summed E-state index contributed by atoms with van der Waals surface area (Å²) in [6.45, 7) is 18.0. The maximum Gasteiger partial charge on any atom is 0.120 e. The highest BCUT2D eigenvalue weighted by molar-refractivity contribution is 5.49. The molecule has 0 amide bonds. The van der Waals surface area contributed by atoms with Gasteiger partial charge in [-0.1, -0.05) is 55.4 Å². The molecule has 0 aromatic carbocycles. The Morgan fingerprint density at radius 1 is 0.900 bits per heavy atom. The van der Waals surface area contributed by atoms with Gasteiger partial charge in [0.1, 0.15) is 6.29 Å². The van der Waals surface area contributed by atoms with Crippen molar-refractivity contribution < 1.29 is 9.90 Å². The van der Waals surface area contributed by atoms with E-state index >= 15 is 0 Å². The van der Waals surface area contributed by atoms with Gasteiger partial charge >= 0.3 is 0 Å². The van der Waals surface area contributed by atoms with Gasteiger partial charge < -0.3 is 9.90 Å². The normalized spacial score (nSPS) is 15.1. The van der Waals surface area contributed by atoms with E-state index in [0.717, 1.165) is 19.1 Å². The van der Waals surface area contributed by atoms with E-state index in [2.05, 4.69) is 55.4 Å². The molecule has 2 atom stereocenters. The van der Waals surface area contributed by atoms with Gasteiger partial charge in [0.15, 0.2) is 0 Å². The first kappa shape index (κ1) is 21.9. The van der Waals surface area contributed by atoms with Crippen molar-refractivity contribution in [3.05, 3.63) is 0 Å². The molecule has 0 aliphatic heterocycles. The monoisotopic (exact) mass is 286 g/mol. The molecule has 2 nitrogen and oxygen atoms in total. The maximum absolute atomic E-state index is 10.1. The number of aliphatic hydroxyl groups excluding tert-OH is 1. The average Bonchev–Trinajstić information content (AvgIpc) is 2.12. The molecule has 2 unspecified atom stereocenters. The maximum atomic E-state index is 10.1. The number of aldehydes is 1. The van der Waals surface area contributed by atoms with Gasteiger partial charge in [-0.2, -0.15) is 0 Å². The largest absolute Gasteiger partial charge is 0.396 e. The Bertz CT molecular complexity index is 233. The number of carbonyl (C=O) groups excluding carboxylic acids is 1. The van der Waals surface area contributed by atoms with Crippen molar-refractivity contribution in [1.29, 1.82) is 0 Å². The average molecular weight is 286 g/mol. The fraction of sp³-hybridized carbons (Fsp3) is 0.944. The summed E-state index contributed by atoms with van der Waals surface area (Å²) in [5.74, 6) is 1.20. The first-order valence-electron chi connectivity index (χ1n) is 7.95. The second-order valence-electron chi connectivity index (χ2n) is 8.65. The van der Waals surface area contributed by atoms with Crippen LogP contribution in [0.2, 0.25) is 0 Å². The Kier molecular flexibility index (Phi) is 11.4. The molecular weight excluding hydrogens is 248 g/mol. The lowest BCUT2D eigenvalue weighted by Crippen LogP contribution is -2.11. The van der Waals surface area contributed by atoms with Gasteiger partial charge in [-0.3, -0.25) is 0 Å². The fourth-order valence-corrected chi connectivity index (χ4v) is 2.66. The lowest BCUT2D eigenvalue weighted by atomic mass is 9.84. The summed E-state index contributed by atoms with van der Waals surface area (Å²) in [6.07, 6.45) is 4.99. The molecule has 0 bridgehead atoms. The second-order valence-corrected chi connectivity index (χ2v) is 8.65. The summed E-state index contributed by atoms with van der Waals surface area (Å²) in [4.78, 5) is 10.1. The number of aliphatic hydroxyl groups is 1. The predicted octanol–water partition coefficient (Wildman–Crippen LogP) is 5.09. The highest BCUT2D eigenvalue weighted by Gasteiger charge is 2.14. The van der Waals surface area contributed by atoms with Gasteiger partial charge in [-0.25, -0.2) is 0 Å².